The Morgan fingerprint density at radius 2 is 1.66 bits per heavy atom. The maximum absolute atomic E-state index is 13.5. The molecule has 2 aromatic carbocycles. The van der Waals surface area contributed by atoms with Gasteiger partial charge in [0.05, 0.1) is 21.0 Å². The van der Waals surface area contributed by atoms with Gasteiger partial charge in [-0.25, -0.2) is 16.9 Å². The van der Waals surface area contributed by atoms with Crippen LogP contribution in [0.3, 0.4) is 0 Å². The summed E-state index contributed by atoms with van der Waals surface area (Å²) in [5, 5.41) is 0. The van der Waals surface area contributed by atoms with Crippen LogP contribution in [0.1, 0.15) is 24.3 Å². The lowest BCUT2D eigenvalue weighted by molar-refractivity contribution is 0.374. The lowest BCUT2D eigenvalue weighted by Crippen LogP contribution is -2.29. The van der Waals surface area contributed by atoms with E-state index in [4.69, 9.17) is 4.42 Å². The Labute approximate surface area is 173 Å². The van der Waals surface area contributed by atoms with Crippen molar-refractivity contribution in [1.29, 1.82) is 0 Å². The summed E-state index contributed by atoms with van der Waals surface area (Å²) < 4.78 is 47.6. The zero-order chi connectivity index (χ0) is 20.6. The molecule has 1 aliphatic heterocycles. The van der Waals surface area contributed by atoms with Crippen molar-refractivity contribution in [3.05, 3.63) is 94.8 Å². The van der Waals surface area contributed by atoms with Gasteiger partial charge in [0.1, 0.15) is 22.8 Å². The number of benzene rings is 2. The summed E-state index contributed by atoms with van der Waals surface area (Å²) in [7, 11) is -5.32. The lowest BCUT2D eigenvalue weighted by Gasteiger charge is -2.24. The second-order valence-electron chi connectivity index (χ2n) is 7.02. The largest absolute Gasteiger partial charge is 0.467 e. The first-order valence-corrected chi connectivity index (χ1v) is 11.8. The van der Waals surface area contributed by atoms with Crippen LogP contribution in [0.15, 0.2) is 97.7 Å². The van der Waals surface area contributed by atoms with Crippen LogP contribution in [0, 0.1) is 6.92 Å². The average Bonchev–Trinajstić information content (AvgIpc) is 3.36. The molecule has 0 spiro atoms. The van der Waals surface area contributed by atoms with Gasteiger partial charge in [-0.1, -0.05) is 35.9 Å². The van der Waals surface area contributed by atoms with Crippen LogP contribution in [0.5, 0.6) is 0 Å². The van der Waals surface area contributed by atoms with Crippen molar-refractivity contribution in [3.8, 4) is 0 Å². The zero-order valence-electron chi connectivity index (χ0n) is 16.1. The third-order valence-electron chi connectivity index (χ3n) is 4.94. The minimum atomic E-state index is -3.77. The van der Waals surface area contributed by atoms with E-state index in [2.05, 4.69) is 0 Å². The van der Waals surface area contributed by atoms with Gasteiger partial charge in [0.15, 0.2) is 0 Å². The third-order valence-corrected chi connectivity index (χ3v) is 8.43. The van der Waals surface area contributed by atoms with Crippen molar-refractivity contribution < 1.29 is 17.0 Å². The predicted molar refractivity (Wildman–Crippen MR) is 112 cm³/mol. The Bertz CT molecular complexity index is 1170. The molecular formula is C22H21NO4S2. The summed E-state index contributed by atoms with van der Waals surface area (Å²) in [5.41, 5.74) is 1.73. The van der Waals surface area contributed by atoms with Crippen LogP contribution in [-0.2, 0) is 20.8 Å². The number of furan rings is 1. The Hall–Kier alpha value is -2.48. The van der Waals surface area contributed by atoms with Crippen LogP contribution in [0.4, 0.5) is 0 Å². The number of nitrogens with zero attached hydrogens (tertiary/aromatic N) is 1. The molecule has 29 heavy (non-hydrogen) atoms. The number of hydrogen-bond donors (Lipinski definition) is 0. The van der Waals surface area contributed by atoms with E-state index < -0.39 is 26.9 Å². The van der Waals surface area contributed by atoms with Crippen molar-refractivity contribution in [2.45, 2.75) is 29.7 Å². The van der Waals surface area contributed by atoms with E-state index >= 15 is 0 Å². The van der Waals surface area contributed by atoms with E-state index in [-0.39, 0.29) is 16.3 Å². The van der Waals surface area contributed by atoms with E-state index in [1.165, 1.54) is 6.26 Å². The molecule has 0 aliphatic carbocycles. The summed E-state index contributed by atoms with van der Waals surface area (Å²) in [6.45, 7) is 4.01. The van der Waals surface area contributed by atoms with Gasteiger partial charge in [0.25, 0.3) is 0 Å². The number of hydrogen-bond acceptors (Lipinski definition) is 4. The topological polar surface area (TPSA) is 67.6 Å². The zero-order valence-corrected chi connectivity index (χ0v) is 17.7. The van der Waals surface area contributed by atoms with Crippen molar-refractivity contribution in [2.75, 3.05) is 6.54 Å². The molecule has 0 bridgehead atoms. The van der Waals surface area contributed by atoms with Crippen molar-refractivity contribution in [3.63, 3.8) is 0 Å². The Balaban J connectivity index is 1.81. The number of rotatable bonds is 5. The molecule has 150 valence electrons. The molecular weight excluding hydrogens is 406 g/mol. The summed E-state index contributed by atoms with van der Waals surface area (Å²) in [6, 6.07) is 18.4. The number of aryl methyl sites for hydroxylation is 1. The van der Waals surface area contributed by atoms with Gasteiger partial charge in [0, 0.05) is 6.54 Å². The van der Waals surface area contributed by atoms with E-state index in [9.17, 15) is 12.6 Å². The summed E-state index contributed by atoms with van der Waals surface area (Å²) in [5.74, 6) is 0.455. The molecule has 0 fully saturated rings. The van der Waals surface area contributed by atoms with E-state index in [1.54, 1.807) is 53.7 Å². The van der Waals surface area contributed by atoms with Crippen LogP contribution >= 0.6 is 0 Å². The summed E-state index contributed by atoms with van der Waals surface area (Å²) in [4.78, 5) is 1.08. The fraction of sp³-hybridized carbons (Fsp3) is 0.182. The molecule has 1 aliphatic rings. The number of sulfone groups is 1. The fourth-order valence-electron chi connectivity index (χ4n) is 3.53. The minimum Gasteiger partial charge on any atom is -0.467 e. The normalized spacial score (nSPS) is 18.9. The van der Waals surface area contributed by atoms with Gasteiger partial charge in [-0.2, -0.15) is 0 Å². The molecule has 2 heterocycles. The second kappa shape index (κ2) is 7.74. The average molecular weight is 428 g/mol. The fourth-order valence-corrected chi connectivity index (χ4v) is 6.78. The van der Waals surface area contributed by atoms with E-state index in [1.807, 2.05) is 31.2 Å². The molecule has 0 saturated carbocycles. The van der Waals surface area contributed by atoms with Crippen molar-refractivity contribution >= 4 is 20.8 Å². The molecule has 0 N–H and O–H groups in total. The SMILES string of the molecule is CC1=C(S(=O)(=O)c2ccccc2)[C@H](c2ccco2)N(S(=O)c2ccc(C)cc2)C1. The summed E-state index contributed by atoms with van der Waals surface area (Å²) in [6.07, 6.45) is 1.50. The summed E-state index contributed by atoms with van der Waals surface area (Å²) >= 11 is 0. The van der Waals surface area contributed by atoms with Gasteiger partial charge in [0.2, 0.25) is 9.84 Å². The molecule has 0 saturated heterocycles. The van der Waals surface area contributed by atoms with Crippen LogP contribution < -0.4 is 0 Å². The van der Waals surface area contributed by atoms with E-state index in [0.717, 1.165) is 5.56 Å². The quantitative estimate of drug-likeness (QED) is 0.605. The van der Waals surface area contributed by atoms with Gasteiger partial charge in [-0.15, -0.1) is 0 Å². The first-order valence-electron chi connectivity index (χ1n) is 9.18. The Morgan fingerprint density at radius 3 is 2.28 bits per heavy atom. The molecule has 7 heteroatoms. The van der Waals surface area contributed by atoms with Gasteiger partial charge < -0.3 is 4.42 Å². The van der Waals surface area contributed by atoms with Gasteiger partial charge in [-0.05, 0) is 55.8 Å². The van der Waals surface area contributed by atoms with Crippen LogP contribution in [0.25, 0.3) is 0 Å². The van der Waals surface area contributed by atoms with Crippen LogP contribution in [-0.4, -0.2) is 23.5 Å². The molecule has 1 unspecified atom stereocenters. The predicted octanol–water partition coefficient (Wildman–Crippen LogP) is 4.42. The minimum absolute atomic E-state index is 0.217. The maximum Gasteiger partial charge on any atom is 0.204 e. The van der Waals surface area contributed by atoms with Gasteiger partial charge >= 0.3 is 0 Å². The van der Waals surface area contributed by atoms with Gasteiger partial charge in [-0.3, -0.25) is 0 Å². The molecule has 4 rings (SSSR count). The molecule has 0 amide bonds. The molecule has 0 radical (unpaired) electrons. The molecule has 1 aromatic heterocycles. The standard InChI is InChI=1S/C22H21NO4S2/c1-16-10-12-18(13-11-16)28(24)23-15-17(2)22(21(23)20-9-6-14-27-20)29(25,26)19-7-4-3-5-8-19/h3-14,21H,15H2,1-2H3/t21-,28?/m0/s1. The van der Waals surface area contributed by atoms with Crippen LogP contribution in [0.2, 0.25) is 0 Å². The highest BCUT2D eigenvalue weighted by molar-refractivity contribution is 7.95. The highest BCUT2D eigenvalue weighted by Crippen LogP contribution is 2.44. The monoisotopic (exact) mass is 427 g/mol. The van der Waals surface area contributed by atoms with Crippen molar-refractivity contribution in [1.82, 2.24) is 4.31 Å². The molecule has 2 atom stereocenters. The maximum atomic E-state index is 13.5. The van der Waals surface area contributed by atoms with E-state index in [0.29, 0.717) is 16.2 Å². The first kappa shape index (κ1) is 19.8. The Morgan fingerprint density at radius 1 is 0.966 bits per heavy atom. The highest BCUT2D eigenvalue weighted by Gasteiger charge is 2.44. The smallest absolute Gasteiger partial charge is 0.204 e. The van der Waals surface area contributed by atoms with Crippen molar-refractivity contribution in [2.24, 2.45) is 0 Å². The first-order chi connectivity index (χ1) is 13.9. The highest BCUT2D eigenvalue weighted by atomic mass is 32.2. The molecule has 3 aromatic rings. The Kier molecular flexibility index (Phi) is 5.29. The third kappa shape index (κ3) is 3.61. The molecule has 5 nitrogen and oxygen atoms in total. The second-order valence-corrected chi connectivity index (χ2v) is 10.4. The lowest BCUT2D eigenvalue weighted by atomic mass is 10.2.